The first kappa shape index (κ1) is 23.4. The molecule has 0 saturated heterocycles. The number of para-hydroxylation sites is 2. The summed E-state index contributed by atoms with van der Waals surface area (Å²) in [5, 5.41) is 21.2. The molecule has 3 aromatic rings. The second-order valence-corrected chi connectivity index (χ2v) is 10.9. The van der Waals surface area contributed by atoms with Gasteiger partial charge in [0, 0.05) is 17.0 Å². The van der Waals surface area contributed by atoms with Gasteiger partial charge >= 0.3 is 0 Å². The molecule has 0 radical (unpaired) electrons. The van der Waals surface area contributed by atoms with Gasteiger partial charge < -0.3 is 10.1 Å². The number of thiazole rings is 1. The molecule has 1 saturated carbocycles. The molecule has 4 aliphatic rings. The van der Waals surface area contributed by atoms with Gasteiger partial charge in [0.25, 0.3) is 11.6 Å². The van der Waals surface area contributed by atoms with E-state index in [1.165, 1.54) is 29.4 Å². The van der Waals surface area contributed by atoms with Crippen molar-refractivity contribution in [1.82, 2.24) is 4.68 Å². The van der Waals surface area contributed by atoms with Crippen LogP contribution < -0.4 is 14.9 Å². The minimum absolute atomic E-state index is 0.0124. The van der Waals surface area contributed by atoms with E-state index in [4.69, 9.17) is 9.84 Å². The van der Waals surface area contributed by atoms with Gasteiger partial charge in [-0.05, 0) is 59.9 Å². The molecule has 1 aromatic heterocycles. The second kappa shape index (κ2) is 8.81. The molecule has 2 unspecified atom stereocenters. The number of nitrogens with zero attached hydrogens (tertiary/aromatic N) is 4. The zero-order valence-corrected chi connectivity index (χ0v) is 21.2. The van der Waals surface area contributed by atoms with E-state index < -0.39 is 4.92 Å². The third-order valence-corrected chi connectivity index (χ3v) is 8.54. The Hall–Kier alpha value is -4.05. The highest BCUT2D eigenvalue weighted by Gasteiger charge is 2.50. The van der Waals surface area contributed by atoms with Crippen LogP contribution in [0.25, 0.3) is 11.3 Å². The minimum Gasteiger partial charge on any atom is -0.482 e. The largest absolute Gasteiger partial charge is 0.482 e. The average molecular weight is 516 g/mol. The van der Waals surface area contributed by atoms with Crippen LogP contribution in [0, 0.1) is 27.4 Å². The van der Waals surface area contributed by atoms with Crippen molar-refractivity contribution in [3.05, 3.63) is 74.4 Å². The van der Waals surface area contributed by atoms with Crippen molar-refractivity contribution in [3.8, 4) is 17.0 Å². The highest BCUT2D eigenvalue weighted by molar-refractivity contribution is 7.07. The molecule has 1 N–H and O–H groups in total. The fraction of sp³-hybridized carbons (Fsp3) is 0.296. The van der Waals surface area contributed by atoms with E-state index in [0.717, 1.165) is 23.6 Å². The maximum atomic E-state index is 11.9. The van der Waals surface area contributed by atoms with E-state index in [9.17, 15) is 14.9 Å². The van der Waals surface area contributed by atoms with Crippen LogP contribution in [0.5, 0.6) is 5.75 Å². The van der Waals surface area contributed by atoms with Crippen LogP contribution in [0.2, 0.25) is 0 Å². The number of nitrogens with one attached hydrogen (secondary N) is 1. The molecule has 3 aliphatic carbocycles. The number of nitro benzene ring substituents is 1. The number of nitro groups is 1. The van der Waals surface area contributed by atoms with Gasteiger partial charge in [0.15, 0.2) is 6.61 Å². The van der Waals surface area contributed by atoms with E-state index >= 15 is 0 Å². The zero-order chi connectivity index (χ0) is 25.7. The van der Waals surface area contributed by atoms with Crippen LogP contribution in [-0.4, -0.2) is 28.3 Å². The van der Waals surface area contributed by atoms with Crippen molar-refractivity contribution in [3.63, 3.8) is 0 Å². The van der Waals surface area contributed by atoms with Crippen molar-refractivity contribution in [2.75, 3.05) is 11.9 Å². The maximum absolute atomic E-state index is 11.9. The second-order valence-electron chi connectivity index (χ2n) is 10.1. The van der Waals surface area contributed by atoms with Crippen molar-refractivity contribution < 1.29 is 14.5 Å². The van der Waals surface area contributed by atoms with Crippen molar-refractivity contribution in [2.24, 2.45) is 27.3 Å². The zero-order valence-electron chi connectivity index (χ0n) is 20.4. The molecular formula is C27H25N5O4S. The third-order valence-electron chi connectivity index (χ3n) is 7.72. The van der Waals surface area contributed by atoms with Crippen LogP contribution in [0.1, 0.15) is 26.7 Å². The summed E-state index contributed by atoms with van der Waals surface area (Å²) in [5.74, 6) is 1.58. The minimum atomic E-state index is -0.435. The molecule has 1 fully saturated rings. The van der Waals surface area contributed by atoms with Gasteiger partial charge in [-0.1, -0.05) is 32.1 Å². The summed E-state index contributed by atoms with van der Waals surface area (Å²) in [6, 6.07) is 12.0. The van der Waals surface area contributed by atoms with Crippen LogP contribution >= 0.6 is 11.3 Å². The van der Waals surface area contributed by atoms with Crippen LogP contribution in [0.15, 0.2) is 69.6 Å². The fourth-order valence-corrected chi connectivity index (χ4v) is 6.26. The normalized spacial score (nSPS) is 22.1. The Labute approximate surface area is 217 Å². The first-order valence-electron chi connectivity index (χ1n) is 12.1. The summed E-state index contributed by atoms with van der Waals surface area (Å²) >= 11 is 1.34. The van der Waals surface area contributed by atoms with Crippen LogP contribution in [-0.2, 0) is 4.79 Å². The SMILES string of the molecule is CC1(C)C2CC=C(C=Nn3c(-c4ccc5c(c4)NC(=O)CO5)csc3=Nc3ccccc3[N+](=O)[O-])C1C2. The quantitative estimate of drug-likeness (QED) is 0.274. The average Bonchev–Trinajstić information content (AvgIpc) is 3.29. The number of anilines is 1. The Balaban J connectivity index is 1.47. The van der Waals surface area contributed by atoms with Crippen molar-refractivity contribution >= 4 is 40.5 Å². The Morgan fingerprint density at radius 1 is 1.27 bits per heavy atom. The lowest BCUT2D eigenvalue weighted by molar-refractivity contribution is -0.384. The summed E-state index contributed by atoms with van der Waals surface area (Å²) < 4.78 is 7.22. The standard InChI is InChI=1S/C27H25N5O4S/c1-27(2)18-9-7-17(19(27)12-18)13-28-31-23(16-8-10-24-21(11-16)29-25(33)14-36-24)15-37-26(31)30-20-5-3-4-6-22(20)32(34)35/h3-8,10-11,13,15,18-19H,9,12,14H2,1-2H3,(H,29,33). The van der Waals surface area contributed by atoms with Crippen molar-refractivity contribution in [2.45, 2.75) is 26.7 Å². The molecule has 1 aliphatic heterocycles. The fourth-order valence-electron chi connectivity index (χ4n) is 5.41. The van der Waals surface area contributed by atoms with Crippen molar-refractivity contribution in [1.29, 1.82) is 0 Å². The summed E-state index contributed by atoms with van der Waals surface area (Å²) in [7, 11) is 0. The summed E-state index contributed by atoms with van der Waals surface area (Å²) in [5.41, 5.74) is 3.80. The van der Waals surface area contributed by atoms with E-state index in [1.807, 2.05) is 29.8 Å². The van der Waals surface area contributed by atoms with E-state index in [2.05, 4.69) is 30.2 Å². The Morgan fingerprint density at radius 3 is 2.89 bits per heavy atom. The number of rotatable bonds is 5. The lowest BCUT2D eigenvalue weighted by Crippen LogP contribution is -2.48. The van der Waals surface area contributed by atoms with Gasteiger partial charge in [-0.25, -0.2) is 9.67 Å². The lowest BCUT2D eigenvalue weighted by atomic mass is 9.49. The van der Waals surface area contributed by atoms with Gasteiger partial charge in [0.1, 0.15) is 11.4 Å². The number of allylic oxidation sites excluding steroid dienone is 2. The predicted molar refractivity (Wildman–Crippen MR) is 142 cm³/mol. The number of aromatic nitrogens is 1. The Morgan fingerprint density at radius 2 is 2.11 bits per heavy atom. The number of amides is 1. The topological polar surface area (TPSA) is 111 Å². The molecule has 2 bridgehead atoms. The van der Waals surface area contributed by atoms with Gasteiger partial charge in [-0.2, -0.15) is 5.10 Å². The molecule has 7 rings (SSSR count). The number of hydrogen-bond acceptors (Lipinski definition) is 7. The first-order chi connectivity index (χ1) is 17.8. The third kappa shape index (κ3) is 4.07. The predicted octanol–water partition coefficient (Wildman–Crippen LogP) is 5.51. The van der Waals surface area contributed by atoms with E-state index in [-0.39, 0.29) is 29.3 Å². The molecule has 188 valence electrons. The smallest absolute Gasteiger partial charge is 0.294 e. The highest BCUT2D eigenvalue weighted by atomic mass is 32.1. The Kier molecular flexibility index (Phi) is 5.56. The summed E-state index contributed by atoms with van der Waals surface area (Å²) in [6.45, 7) is 4.62. The van der Waals surface area contributed by atoms with Gasteiger partial charge in [0.2, 0.25) is 4.80 Å². The van der Waals surface area contributed by atoms with E-state index in [0.29, 0.717) is 22.2 Å². The van der Waals surface area contributed by atoms with Gasteiger partial charge in [-0.3, -0.25) is 14.9 Å². The van der Waals surface area contributed by atoms with E-state index in [1.54, 1.807) is 22.9 Å². The molecule has 2 atom stereocenters. The number of fused-ring (bicyclic) bond motifs is 2. The highest BCUT2D eigenvalue weighted by Crippen LogP contribution is 2.58. The van der Waals surface area contributed by atoms with Crippen LogP contribution in [0.4, 0.5) is 17.1 Å². The summed E-state index contributed by atoms with van der Waals surface area (Å²) in [6.07, 6.45) is 6.39. The molecule has 2 heterocycles. The number of benzene rings is 2. The molecular weight excluding hydrogens is 490 g/mol. The first-order valence-corrected chi connectivity index (χ1v) is 13.0. The maximum Gasteiger partial charge on any atom is 0.294 e. The summed E-state index contributed by atoms with van der Waals surface area (Å²) in [4.78, 5) is 28.1. The number of carbonyl (C=O) groups excluding carboxylic acids is 1. The Bertz CT molecular complexity index is 1560. The molecule has 2 aromatic carbocycles. The molecule has 9 nitrogen and oxygen atoms in total. The molecule has 0 spiro atoms. The lowest BCUT2D eigenvalue weighted by Gasteiger charge is -2.55. The molecule has 37 heavy (non-hydrogen) atoms. The molecule has 1 amide bonds. The van der Waals surface area contributed by atoms with Gasteiger partial charge in [0.05, 0.1) is 22.5 Å². The number of ether oxygens (including phenoxy) is 1. The number of hydrogen-bond donors (Lipinski definition) is 1. The monoisotopic (exact) mass is 515 g/mol. The van der Waals surface area contributed by atoms with Crippen LogP contribution in [0.3, 0.4) is 0 Å². The molecule has 10 heteroatoms. The number of carbonyl (C=O) groups is 1. The van der Waals surface area contributed by atoms with Gasteiger partial charge in [-0.15, -0.1) is 11.3 Å².